The number of hydrogen-bond acceptors (Lipinski definition) is 6. The first-order chi connectivity index (χ1) is 10.7. The Labute approximate surface area is 128 Å². The van der Waals surface area contributed by atoms with Gasteiger partial charge in [-0.3, -0.25) is 0 Å². The summed E-state index contributed by atoms with van der Waals surface area (Å²) in [5, 5.41) is 12.7. The number of carbonyl (C=O) groups excluding carboxylic acids is 1. The highest BCUT2D eigenvalue weighted by Crippen LogP contribution is 2.10. The van der Waals surface area contributed by atoms with Gasteiger partial charge in [-0.25, -0.2) is 14.5 Å². The van der Waals surface area contributed by atoms with Gasteiger partial charge in [0, 0.05) is 7.11 Å². The Kier molecular flexibility index (Phi) is 5.63. The van der Waals surface area contributed by atoms with Crippen molar-refractivity contribution in [3.63, 3.8) is 0 Å². The molecule has 2 rings (SSSR count). The molecule has 1 atom stereocenters. The lowest BCUT2D eigenvalue weighted by atomic mass is 10.1. The van der Waals surface area contributed by atoms with Crippen molar-refractivity contribution in [3.8, 4) is 6.07 Å². The predicted molar refractivity (Wildman–Crippen MR) is 76.9 cm³/mol. The molecule has 0 aliphatic rings. The number of esters is 1. The number of carbonyl (C=O) groups is 1. The van der Waals surface area contributed by atoms with Crippen LogP contribution in [0.5, 0.6) is 0 Å². The molecule has 0 bridgehead atoms. The number of benzene rings is 1. The van der Waals surface area contributed by atoms with Crippen LogP contribution in [0.15, 0.2) is 36.9 Å². The van der Waals surface area contributed by atoms with E-state index in [1.807, 2.05) is 0 Å². The van der Waals surface area contributed by atoms with Crippen molar-refractivity contribution < 1.29 is 14.3 Å². The largest absolute Gasteiger partial charge is 0.454 e. The zero-order valence-corrected chi connectivity index (χ0v) is 12.2. The van der Waals surface area contributed by atoms with Crippen molar-refractivity contribution >= 4 is 5.97 Å². The Balaban J connectivity index is 2.04. The molecule has 0 unspecified atom stereocenters. The second-order valence-corrected chi connectivity index (χ2v) is 4.64. The molecule has 0 saturated carbocycles. The third-order valence-corrected chi connectivity index (χ3v) is 2.93. The minimum Gasteiger partial charge on any atom is -0.454 e. The molecule has 7 heteroatoms. The van der Waals surface area contributed by atoms with Gasteiger partial charge < -0.3 is 9.47 Å². The molecular formula is C15H16N4O3. The number of rotatable bonds is 7. The number of ether oxygens (including phenoxy) is 2. The number of hydrogen-bond donors (Lipinski definition) is 0. The van der Waals surface area contributed by atoms with Crippen molar-refractivity contribution in [2.45, 2.75) is 19.1 Å². The van der Waals surface area contributed by atoms with Crippen molar-refractivity contribution in [1.82, 2.24) is 14.8 Å². The van der Waals surface area contributed by atoms with E-state index in [0.29, 0.717) is 12.1 Å². The van der Waals surface area contributed by atoms with Gasteiger partial charge in [0.2, 0.25) is 0 Å². The molecule has 0 aliphatic carbocycles. The summed E-state index contributed by atoms with van der Waals surface area (Å²) in [5.41, 5.74) is 1.18. The van der Waals surface area contributed by atoms with Crippen LogP contribution in [-0.4, -0.2) is 40.6 Å². The molecule has 0 amide bonds. The van der Waals surface area contributed by atoms with E-state index in [9.17, 15) is 4.79 Å². The molecule has 1 heterocycles. The minimum absolute atomic E-state index is 0.252. The summed E-state index contributed by atoms with van der Waals surface area (Å²) >= 11 is 0. The Hall–Kier alpha value is -2.72. The average molecular weight is 300 g/mol. The predicted octanol–water partition coefficient (Wildman–Crippen LogP) is 1.22. The average Bonchev–Trinajstić information content (AvgIpc) is 3.01. The fourth-order valence-electron chi connectivity index (χ4n) is 1.96. The molecule has 0 radical (unpaired) electrons. The van der Waals surface area contributed by atoms with Crippen LogP contribution in [0, 0.1) is 11.3 Å². The molecule has 0 N–H and O–H groups in total. The van der Waals surface area contributed by atoms with Crippen LogP contribution in [0.3, 0.4) is 0 Å². The van der Waals surface area contributed by atoms with Gasteiger partial charge in [-0.2, -0.15) is 10.4 Å². The van der Waals surface area contributed by atoms with E-state index in [0.717, 1.165) is 5.56 Å². The molecule has 7 nitrogen and oxygen atoms in total. The number of nitriles is 1. The Morgan fingerprint density at radius 1 is 1.50 bits per heavy atom. The Bertz CT molecular complexity index is 649. The Morgan fingerprint density at radius 3 is 3.05 bits per heavy atom. The summed E-state index contributed by atoms with van der Waals surface area (Å²) in [7, 11) is 1.54. The molecule has 0 saturated heterocycles. The standard InChI is InChI=1S/C15H16N4O3/c1-21-9-14(8-19-11-17-10-18-19)22-15(20)13-4-2-3-12(7-13)5-6-16/h2-4,7,10-11,14H,5,8-9H2,1H3/t14-/m0/s1. The normalized spacial score (nSPS) is 11.6. The number of methoxy groups -OCH3 is 1. The number of aromatic nitrogens is 3. The van der Waals surface area contributed by atoms with Crippen LogP contribution in [0.25, 0.3) is 0 Å². The van der Waals surface area contributed by atoms with E-state index < -0.39 is 12.1 Å². The van der Waals surface area contributed by atoms with Gasteiger partial charge in [-0.15, -0.1) is 0 Å². The second kappa shape index (κ2) is 7.90. The summed E-state index contributed by atoms with van der Waals surface area (Å²) in [6, 6.07) is 8.89. The van der Waals surface area contributed by atoms with E-state index in [4.69, 9.17) is 14.7 Å². The van der Waals surface area contributed by atoms with Crippen molar-refractivity contribution in [1.29, 1.82) is 5.26 Å². The summed E-state index contributed by atoms with van der Waals surface area (Å²) < 4.78 is 12.1. The highest BCUT2D eigenvalue weighted by Gasteiger charge is 2.17. The van der Waals surface area contributed by atoms with Crippen molar-refractivity contribution in [2.24, 2.45) is 0 Å². The lowest BCUT2D eigenvalue weighted by Gasteiger charge is -2.17. The smallest absolute Gasteiger partial charge is 0.338 e. The maximum atomic E-state index is 12.2. The summed E-state index contributed by atoms with van der Waals surface area (Å²) in [6.07, 6.45) is 2.74. The zero-order chi connectivity index (χ0) is 15.8. The van der Waals surface area contributed by atoms with E-state index in [1.165, 1.54) is 13.4 Å². The molecule has 0 aliphatic heterocycles. The fourth-order valence-corrected chi connectivity index (χ4v) is 1.96. The Morgan fingerprint density at radius 2 is 2.36 bits per heavy atom. The minimum atomic E-state index is -0.473. The van der Waals surface area contributed by atoms with Gasteiger partial charge in [0.25, 0.3) is 0 Å². The summed E-state index contributed by atoms with van der Waals surface area (Å²) in [6.45, 7) is 0.612. The van der Waals surface area contributed by atoms with Gasteiger partial charge in [-0.1, -0.05) is 12.1 Å². The number of nitrogens with zero attached hydrogens (tertiary/aromatic N) is 4. The van der Waals surface area contributed by atoms with Gasteiger partial charge in [0.05, 0.1) is 31.2 Å². The molecular weight excluding hydrogens is 284 g/mol. The lowest BCUT2D eigenvalue weighted by molar-refractivity contribution is -0.000872. The van der Waals surface area contributed by atoms with E-state index >= 15 is 0 Å². The highest BCUT2D eigenvalue weighted by molar-refractivity contribution is 5.89. The fraction of sp³-hybridized carbons (Fsp3) is 0.333. The molecule has 114 valence electrons. The molecule has 2 aromatic rings. The third kappa shape index (κ3) is 4.40. The van der Waals surface area contributed by atoms with E-state index in [2.05, 4.69) is 16.2 Å². The third-order valence-electron chi connectivity index (χ3n) is 2.93. The molecule has 22 heavy (non-hydrogen) atoms. The summed E-state index contributed by atoms with van der Waals surface area (Å²) in [5.74, 6) is -0.457. The highest BCUT2D eigenvalue weighted by atomic mass is 16.6. The van der Waals surface area contributed by atoms with Crippen LogP contribution >= 0.6 is 0 Å². The van der Waals surface area contributed by atoms with Gasteiger partial charge in [-0.05, 0) is 17.7 Å². The van der Waals surface area contributed by atoms with Crippen LogP contribution in [0.1, 0.15) is 15.9 Å². The van der Waals surface area contributed by atoms with Crippen LogP contribution in [0.4, 0.5) is 0 Å². The van der Waals surface area contributed by atoms with E-state index in [-0.39, 0.29) is 13.0 Å². The van der Waals surface area contributed by atoms with Crippen LogP contribution < -0.4 is 0 Å². The molecule has 1 aromatic heterocycles. The SMILES string of the molecule is COC[C@H](Cn1cncn1)OC(=O)c1cccc(CC#N)c1. The topological polar surface area (TPSA) is 90.0 Å². The molecule has 0 fully saturated rings. The first kappa shape index (κ1) is 15.7. The maximum absolute atomic E-state index is 12.2. The second-order valence-electron chi connectivity index (χ2n) is 4.64. The first-order valence-electron chi connectivity index (χ1n) is 6.71. The quantitative estimate of drug-likeness (QED) is 0.714. The van der Waals surface area contributed by atoms with Gasteiger partial charge in [0.1, 0.15) is 18.8 Å². The van der Waals surface area contributed by atoms with Crippen LogP contribution in [0.2, 0.25) is 0 Å². The first-order valence-corrected chi connectivity index (χ1v) is 6.71. The van der Waals surface area contributed by atoms with Gasteiger partial charge >= 0.3 is 5.97 Å². The molecule has 1 aromatic carbocycles. The van der Waals surface area contributed by atoms with Crippen molar-refractivity contribution in [3.05, 3.63) is 48.0 Å². The molecule has 0 spiro atoms. The summed E-state index contributed by atoms with van der Waals surface area (Å²) in [4.78, 5) is 16.1. The van der Waals surface area contributed by atoms with E-state index in [1.54, 1.807) is 35.3 Å². The van der Waals surface area contributed by atoms with Crippen molar-refractivity contribution in [2.75, 3.05) is 13.7 Å². The lowest BCUT2D eigenvalue weighted by Crippen LogP contribution is -2.28. The van der Waals surface area contributed by atoms with Gasteiger partial charge in [0.15, 0.2) is 0 Å². The van der Waals surface area contributed by atoms with Crippen LogP contribution in [-0.2, 0) is 22.4 Å². The maximum Gasteiger partial charge on any atom is 0.338 e. The zero-order valence-electron chi connectivity index (χ0n) is 12.2. The monoisotopic (exact) mass is 300 g/mol.